The molecule has 9 nitrogen and oxygen atoms in total. The van der Waals surface area contributed by atoms with Crippen LogP contribution in [0, 0.1) is 11.6 Å². The minimum atomic E-state index is -4.40. The second-order valence-corrected chi connectivity index (χ2v) is 9.45. The van der Waals surface area contributed by atoms with Gasteiger partial charge in [-0.2, -0.15) is 15.3 Å². The lowest BCUT2D eigenvalue weighted by Crippen LogP contribution is -2.15. The van der Waals surface area contributed by atoms with Crippen LogP contribution in [0.15, 0.2) is 72.0 Å². The number of methoxy groups -OCH3 is 1. The van der Waals surface area contributed by atoms with Gasteiger partial charge in [-0.15, -0.1) is 0 Å². The number of benzene rings is 2. The van der Waals surface area contributed by atoms with E-state index in [1.807, 2.05) is 31.3 Å². The summed E-state index contributed by atoms with van der Waals surface area (Å²) >= 11 is 0. The van der Waals surface area contributed by atoms with Crippen molar-refractivity contribution in [2.45, 2.75) is 4.90 Å². The molecule has 0 aliphatic carbocycles. The minimum absolute atomic E-state index is 0.0106. The van der Waals surface area contributed by atoms with Gasteiger partial charge >= 0.3 is 0 Å². The molecule has 0 radical (unpaired) electrons. The zero-order chi connectivity index (χ0) is 25.4. The number of fused-ring (bicyclic) bond motifs is 1. The van der Waals surface area contributed by atoms with Crippen LogP contribution in [0.5, 0.6) is 5.88 Å². The van der Waals surface area contributed by atoms with Gasteiger partial charge in [-0.25, -0.2) is 22.2 Å². The quantitative estimate of drug-likeness (QED) is 0.366. The zero-order valence-electron chi connectivity index (χ0n) is 19.0. The van der Waals surface area contributed by atoms with Crippen molar-refractivity contribution in [1.82, 2.24) is 25.0 Å². The van der Waals surface area contributed by atoms with Crippen molar-refractivity contribution in [2.75, 3.05) is 11.8 Å². The van der Waals surface area contributed by atoms with Gasteiger partial charge in [0, 0.05) is 35.8 Å². The molecule has 2 aromatic carbocycles. The highest BCUT2D eigenvalue weighted by Crippen LogP contribution is 2.34. The number of hydrogen-bond acceptors (Lipinski definition) is 7. The molecule has 12 heteroatoms. The summed E-state index contributed by atoms with van der Waals surface area (Å²) in [6.45, 7) is 0. The maximum absolute atomic E-state index is 14.2. The highest BCUT2D eigenvalue weighted by atomic mass is 32.2. The van der Waals surface area contributed by atoms with Crippen molar-refractivity contribution in [1.29, 1.82) is 0 Å². The van der Waals surface area contributed by atoms with Crippen LogP contribution in [-0.2, 0) is 17.1 Å². The van der Waals surface area contributed by atoms with Gasteiger partial charge in [0.25, 0.3) is 10.0 Å². The molecule has 3 aromatic heterocycles. The standard InChI is InChI=1S/C24H18F2N6O3S/c1-32-23(15-7-8-28-29-13-15)18-9-14(3-5-20(18)30-32)16-10-21(24(35-2)27-12-16)31-36(33,34)22-6-4-17(25)11-19(22)26/h3-13,31H,1-2H3. The van der Waals surface area contributed by atoms with Crippen molar-refractivity contribution in [2.24, 2.45) is 7.05 Å². The molecular weight excluding hydrogens is 490 g/mol. The van der Waals surface area contributed by atoms with Crippen LogP contribution in [0.1, 0.15) is 0 Å². The molecule has 0 unspecified atom stereocenters. The molecule has 0 aliphatic rings. The molecule has 0 saturated carbocycles. The number of rotatable bonds is 6. The van der Waals surface area contributed by atoms with E-state index in [0.717, 1.165) is 39.9 Å². The molecule has 5 aromatic rings. The molecule has 5 rings (SSSR count). The molecule has 0 aliphatic heterocycles. The first-order chi connectivity index (χ1) is 17.3. The van der Waals surface area contributed by atoms with Gasteiger partial charge in [0.15, 0.2) is 0 Å². The molecule has 0 bridgehead atoms. The third-order valence-electron chi connectivity index (χ3n) is 5.50. The maximum Gasteiger partial charge on any atom is 0.264 e. The van der Waals surface area contributed by atoms with Gasteiger partial charge in [-0.1, -0.05) is 6.07 Å². The number of aryl methyl sites for hydroxylation is 1. The van der Waals surface area contributed by atoms with E-state index in [2.05, 4.69) is 25.0 Å². The Morgan fingerprint density at radius 1 is 0.944 bits per heavy atom. The Morgan fingerprint density at radius 3 is 2.50 bits per heavy atom. The summed E-state index contributed by atoms with van der Waals surface area (Å²) in [5.41, 5.74) is 3.69. The average Bonchev–Trinajstić information content (AvgIpc) is 3.19. The maximum atomic E-state index is 14.2. The summed E-state index contributed by atoms with van der Waals surface area (Å²) < 4.78 is 62.4. The number of anilines is 1. The van der Waals surface area contributed by atoms with E-state index in [-0.39, 0.29) is 11.6 Å². The topological polar surface area (TPSA) is 112 Å². The van der Waals surface area contributed by atoms with E-state index < -0.39 is 26.6 Å². The third-order valence-corrected chi connectivity index (χ3v) is 6.90. The van der Waals surface area contributed by atoms with Crippen LogP contribution in [0.3, 0.4) is 0 Å². The smallest absolute Gasteiger partial charge is 0.264 e. The lowest BCUT2D eigenvalue weighted by atomic mass is 10.0. The fourth-order valence-corrected chi connectivity index (χ4v) is 5.00. The fraction of sp³-hybridized carbons (Fsp3) is 0.0833. The number of nitrogens with one attached hydrogen (secondary N) is 1. The van der Waals surface area contributed by atoms with Crippen LogP contribution < -0.4 is 9.46 Å². The van der Waals surface area contributed by atoms with Crippen LogP contribution in [0.4, 0.5) is 14.5 Å². The van der Waals surface area contributed by atoms with Crippen molar-refractivity contribution in [3.63, 3.8) is 0 Å². The Kier molecular flexibility index (Phi) is 5.80. The second kappa shape index (κ2) is 8.96. The van der Waals surface area contributed by atoms with E-state index >= 15 is 0 Å². The highest BCUT2D eigenvalue weighted by Gasteiger charge is 2.22. The van der Waals surface area contributed by atoms with Crippen LogP contribution >= 0.6 is 0 Å². The number of ether oxygens (including phenoxy) is 1. The third kappa shape index (κ3) is 4.22. The van der Waals surface area contributed by atoms with Crippen LogP contribution in [0.25, 0.3) is 33.3 Å². The molecule has 0 atom stereocenters. The molecule has 36 heavy (non-hydrogen) atoms. The number of halogens is 2. The Bertz CT molecular complexity index is 1710. The Hall–Kier alpha value is -4.45. The van der Waals surface area contributed by atoms with Crippen molar-refractivity contribution >= 4 is 26.6 Å². The van der Waals surface area contributed by atoms with Crippen molar-refractivity contribution in [3.8, 4) is 28.3 Å². The average molecular weight is 509 g/mol. The SMILES string of the molecule is COc1ncc(-c2ccc3nn(C)c(-c4ccnnc4)c3c2)cc1NS(=O)(=O)c1ccc(F)cc1F. The molecule has 0 saturated heterocycles. The summed E-state index contributed by atoms with van der Waals surface area (Å²) in [4.78, 5) is 3.51. The summed E-state index contributed by atoms with van der Waals surface area (Å²) in [5, 5.41) is 13.1. The van der Waals surface area contributed by atoms with E-state index in [9.17, 15) is 17.2 Å². The molecule has 3 heterocycles. The van der Waals surface area contributed by atoms with Gasteiger partial charge in [0.2, 0.25) is 5.88 Å². The summed E-state index contributed by atoms with van der Waals surface area (Å²) in [6, 6.07) is 11.1. The Balaban J connectivity index is 1.58. The Morgan fingerprint density at radius 2 is 1.78 bits per heavy atom. The van der Waals surface area contributed by atoms with Crippen molar-refractivity contribution < 1.29 is 21.9 Å². The zero-order valence-corrected chi connectivity index (χ0v) is 19.8. The first-order valence-corrected chi connectivity index (χ1v) is 12.0. The van der Waals surface area contributed by atoms with E-state index in [4.69, 9.17) is 4.74 Å². The number of pyridine rings is 1. The van der Waals surface area contributed by atoms with E-state index in [1.165, 1.54) is 19.4 Å². The minimum Gasteiger partial charge on any atom is -0.480 e. The molecule has 1 N–H and O–H groups in total. The summed E-state index contributed by atoms with van der Waals surface area (Å²) in [5.74, 6) is -2.12. The highest BCUT2D eigenvalue weighted by molar-refractivity contribution is 7.92. The molecule has 0 fully saturated rings. The summed E-state index contributed by atoms with van der Waals surface area (Å²) in [7, 11) is -1.25. The lowest BCUT2D eigenvalue weighted by molar-refractivity contribution is 0.400. The number of aromatic nitrogens is 5. The number of nitrogens with zero attached hydrogens (tertiary/aromatic N) is 5. The Labute approximate surface area is 204 Å². The molecular formula is C24H18F2N6O3S. The van der Waals surface area contributed by atoms with Gasteiger partial charge in [0.1, 0.15) is 22.2 Å². The van der Waals surface area contributed by atoms with Crippen LogP contribution in [0.2, 0.25) is 0 Å². The predicted octanol–water partition coefficient (Wildman–Crippen LogP) is 4.18. The molecule has 0 amide bonds. The second-order valence-electron chi connectivity index (χ2n) is 7.80. The number of sulfonamides is 1. The predicted molar refractivity (Wildman–Crippen MR) is 129 cm³/mol. The van der Waals surface area contributed by atoms with Gasteiger partial charge < -0.3 is 4.74 Å². The molecule has 182 valence electrons. The van der Waals surface area contributed by atoms with Crippen molar-refractivity contribution in [3.05, 3.63) is 78.8 Å². The van der Waals surface area contributed by atoms with Gasteiger partial charge in [-0.05, 0) is 42.0 Å². The van der Waals surface area contributed by atoms with E-state index in [1.54, 1.807) is 17.1 Å². The first-order valence-electron chi connectivity index (χ1n) is 10.5. The lowest BCUT2D eigenvalue weighted by Gasteiger charge is -2.13. The van der Waals surface area contributed by atoms with Gasteiger partial charge in [0.05, 0.1) is 30.7 Å². The monoisotopic (exact) mass is 508 g/mol. The first kappa shape index (κ1) is 23.3. The van der Waals surface area contributed by atoms with Crippen LogP contribution in [-0.4, -0.2) is 40.5 Å². The number of hydrogen-bond donors (Lipinski definition) is 1. The van der Waals surface area contributed by atoms with Gasteiger partial charge in [-0.3, -0.25) is 9.40 Å². The normalized spacial score (nSPS) is 11.6. The molecule has 0 spiro atoms. The fourth-order valence-electron chi connectivity index (χ4n) is 3.89. The summed E-state index contributed by atoms with van der Waals surface area (Å²) in [6.07, 6.45) is 4.76. The largest absolute Gasteiger partial charge is 0.480 e. The van der Waals surface area contributed by atoms with E-state index in [0.29, 0.717) is 11.6 Å².